The zero-order valence-corrected chi connectivity index (χ0v) is 21.8. The van der Waals surface area contributed by atoms with Crippen molar-refractivity contribution >= 4 is 45.9 Å². The monoisotopic (exact) mass is 560 g/mol. The van der Waals surface area contributed by atoms with Crippen molar-refractivity contribution in [3.05, 3.63) is 0 Å². The van der Waals surface area contributed by atoms with Gasteiger partial charge in [-0.25, -0.2) is 13.2 Å². The van der Waals surface area contributed by atoms with Crippen molar-refractivity contribution in [2.45, 2.75) is 70.2 Å². The molecule has 30 heavy (non-hydrogen) atoms. The number of carbonyl (C=O) groups is 1. The van der Waals surface area contributed by atoms with E-state index >= 15 is 0 Å². The zero-order valence-electron chi connectivity index (χ0n) is 18.6. The minimum Gasteiger partial charge on any atom is -0.444 e. The first-order chi connectivity index (χ1) is 13.5. The number of hydrogen-bond donors (Lipinski definition) is 2. The summed E-state index contributed by atoms with van der Waals surface area (Å²) in [6.45, 7) is 6.80. The molecule has 11 heteroatoms. The molecule has 2 atom stereocenters. The van der Waals surface area contributed by atoms with Crippen LogP contribution >= 0.6 is 24.0 Å². The molecule has 2 fully saturated rings. The summed E-state index contributed by atoms with van der Waals surface area (Å²) in [6, 6.07) is 0.626. The molecule has 2 aliphatic heterocycles. The second-order valence-electron chi connectivity index (χ2n) is 8.83. The number of fused-ring (bicyclic) bond motifs is 2. The Hall–Kier alpha value is -0.820. The number of ether oxygens (including phenoxy) is 2. The number of hydrogen-bond acceptors (Lipinski definition) is 6. The molecule has 0 saturated carbocycles. The van der Waals surface area contributed by atoms with Gasteiger partial charge in [0.15, 0.2) is 5.96 Å². The molecule has 0 aromatic rings. The zero-order chi connectivity index (χ0) is 21.7. The molecule has 0 spiro atoms. The second kappa shape index (κ2) is 11.7. The van der Waals surface area contributed by atoms with E-state index in [2.05, 4.69) is 15.6 Å². The second-order valence-corrected chi connectivity index (χ2v) is 11.1. The Morgan fingerprint density at radius 1 is 1.17 bits per heavy atom. The Morgan fingerprint density at radius 3 is 2.27 bits per heavy atom. The third-order valence-electron chi connectivity index (χ3n) is 5.04. The van der Waals surface area contributed by atoms with Gasteiger partial charge in [0, 0.05) is 38.0 Å². The minimum absolute atomic E-state index is 0. The Morgan fingerprint density at radius 2 is 1.77 bits per heavy atom. The highest BCUT2D eigenvalue weighted by Crippen LogP contribution is 2.36. The Kier molecular flexibility index (Phi) is 10.6. The lowest BCUT2D eigenvalue weighted by Gasteiger charge is -2.40. The number of guanidine groups is 1. The third-order valence-corrected chi connectivity index (χ3v) is 5.95. The molecule has 1 amide bonds. The van der Waals surface area contributed by atoms with Crippen molar-refractivity contribution in [3.8, 4) is 0 Å². The molecule has 2 aliphatic rings. The van der Waals surface area contributed by atoms with Crippen LogP contribution in [-0.2, 0) is 19.3 Å². The van der Waals surface area contributed by atoms with Crippen LogP contribution < -0.4 is 10.6 Å². The molecule has 2 bridgehead atoms. The number of nitrogens with one attached hydrogen (secondary N) is 2. The van der Waals surface area contributed by atoms with Gasteiger partial charge >= 0.3 is 6.09 Å². The van der Waals surface area contributed by atoms with Crippen molar-refractivity contribution in [2.24, 2.45) is 4.99 Å². The average molecular weight is 560 g/mol. The Balaban J connectivity index is 0.00000450. The van der Waals surface area contributed by atoms with Crippen LogP contribution in [-0.4, -0.2) is 87.9 Å². The smallest absolute Gasteiger partial charge is 0.410 e. The molecule has 2 saturated heterocycles. The van der Waals surface area contributed by atoms with Crippen LogP contribution in [0.3, 0.4) is 0 Å². The summed E-state index contributed by atoms with van der Waals surface area (Å²) >= 11 is 0. The van der Waals surface area contributed by atoms with Crippen molar-refractivity contribution in [1.29, 1.82) is 0 Å². The summed E-state index contributed by atoms with van der Waals surface area (Å²) in [7, 11) is -1.28. The molecule has 0 aromatic heterocycles. The van der Waals surface area contributed by atoms with Gasteiger partial charge < -0.3 is 25.0 Å². The van der Waals surface area contributed by atoms with Gasteiger partial charge in [0.2, 0.25) is 0 Å². The standard InChI is InChI=1S/C19H36N4O5S.HI/c1-19(2,3)28-18(24)23-15-6-7-16(23)13-14(12-15)22-17(20-4)21-8-9-27-10-11-29(5,25)26;/h14-16H,6-13H2,1-5H3,(H2,20,21,22);1H. The Labute approximate surface area is 197 Å². The van der Waals surface area contributed by atoms with Gasteiger partial charge in [-0.05, 0) is 46.5 Å². The van der Waals surface area contributed by atoms with E-state index in [1.807, 2.05) is 25.7 Å². The first-order valence-electron chi connectivity index (χ1n) is 10.2. The molecule has 2 heterocycles. The minimum atomic E-state index is -3.00. The van der Waals surface area contributed by atoms with E-state index in [0.29, 0.717) is 19.1 Å². The lowest BCUT2D eigenvalue weighted by molar-refractivity contribution is 0.00544. The summed E-state index contributed by atoms with van der Waals surface area (Å²) in [5, 5.41) is 6.63. The van der Waals surface area contributed by atoms with E-state index in [1.165, 1.54) is 6.26 Å². The van der Waals surface area contributed by atoms with Gasteiger partial charge in [0.25, 0.3) is 0 Å². The number of sulfone groups is 1. The summed E-state index contributed by atoms with van der Waals surface area (Å²) in [5.74, 6) is 0.714. The highest BCUT2D eigenvalue weighted by Gasteiger charge is 2.45. The van der Waals surface area contributed by atoms with Crippen molar-refractivity contribution < 1.29 is 22.7 Å². The summed E-state index contributed by atoms with van der Waals surface area (Å²) in [4.78, 5) is 18.7. The fourth-order valence-electron chi connectivity index (χ4n) is 3.85. The Bertz CT molecular complexity index is 682. The fourth-order valence-corrected chi connectivity index (χ4v) is 4.27. The first-order valence-corrected chi connectivity index (χ1v) is 12.3. The van der Waals surface area contributed by atoms with E-state index in [0.717, 1.165) is 25.7 Å². The predicted molar refractivity (Wildman–Crippen MR) is 128 cm³/mol. The normalized spacial score (nSPS) is 24.2. The first kappa shape index (κ1) is 27.2. The van der Waals surface area contributed by atoms with Crippen LogP contribution in [0, 0.1) is 0 Å². The predicted octanol–water partition coefficient (Wildman–Crippen LogP) is 1.76. The van der Waals surface area contributed by atoms with Crippen LogP contribution in [0.15, 0.2) is 4.99 Å². The number of carbonyl (C=O) groups excluding carboxylic acids is 1. The van der Waals surface area contributed by atoms with Gasteiger partial charge in [0.1, 0.15) is 15.4 Å². The highest BCUT2D eigenvalue weighted by atomic mass is 127. The number of rotatable bonds is 7. The summed E-state index contributed by atoms with van der Waals surface area (Å²) in [5.41, 5.74) is -0.485. The SMILES string of the molecule is CN=C(NCCOCCS(C)(=O)=O)NC1CC2CCC(C1)N2C(=O)OC(C)(C)C.I. The molecule has 2 N–H and O–H groups in total. The van der Waals surface area contributed by atoms with Crippen LogP contribution in [0.25, 0.3) is 0 Å². The molecule has 2 unspecified atom stereocenters. The van der Waals surface area contributed by atoms with Crippen LogP contribution in [0.4, 0.5) is 4.79 Å². The molecule has 2 rings (SSSR count). The van der Waals surface area contributed by atoms with Gasteiger partial charge in [-0.1, -0.05) is 0 Å². The lowest BCUT2D eigenvalue weighted by atomic mass is 9.98. The number of amides is 1. The van der Waals surface area contributed by atoms with E-state index in [4.69, 9.17) is 9.47 Å². The maximum Gasteiger partial charge on any atom is 0.410 e. The summed E-state index contributed by atoms with van der Waals surface area (Å²) in [6.07, 6.45) is 4.71. The molecule has 9 nitrogen and oxygen atoms in total. The maximum absolute atomic E-state index is 12.5. The van der Waals surface area contributed by atoms with Crippen LogP contribution in [0.5, 0.6) is 0 Å². The average Bonchev–Trinajstić information content (AvgIpc) is 2.85. The number of halogens is 1. The van der Waals surface area contributed by atoms with Crippen molar-refractivity contribution in [2.75, 3.05) is 38.8 Å². The van der Waals surface area contributed by atoms with Crippen LogP contribution in [0.2, 0.25) is 0 Å². The van der Waals surface area contributed by atoms with Crippen molar-refractivity contribution in [1.82, 2.24) is 15.5 Å². The molecule has 0 aliphatic carbocycles. The number of piperidine rings is 1. The maximum atomic E-state index is 12.5. The van der Waals surface area contributed by atoms with Gasteiger partial charge in [0.05, 0.1) is 19.0 Å². The molecule has 0 aromatic carbocycles. The van der Waals surface area contributed by atoms with Crippen molar-refractivity contribution in [3.63, 3.8) is 0 Å². The largest absolute Gasteiger partial charge is 0.444 e. The number of nitrogens with zero attached hydrogens (tertiary/aromatic N) is 2. The van der Waals surface area contributed by atoms with Gasteiger partial charge in [-0.2, -0.15) is 0 Å². The molecule has 176 valence electrons. The van der Waals surface area contributed by atoms with E-state index in [9.17, 15) is 13.2 Å². The molecular formula is C19H37IN4O5S. The van der Waals surface area contributed by atoms with Crippen LogP contribution in [0.1, 0.15) is 46.5 Å². The molecule has 0 radical (unpaired) electrons. The molecular weight excluding hydrogens is 523 g/mol. The third kappa shape index (κ3) is 9.13. The number of aliphatic imine (C=N–C) groups is 1. The lowest BCUT2D eigenvalue weighted by Crippen LogP contribution is -2.55. The fraction of sp³-hybridized carbons (Fsp3) is 0.895. The highest BCUT2D eigenvalue weighted by molar-refractivity contribution is 14.0. The topological polar surface area (TPSA) is 109 Å². The quantitative estimate of drug-likeness (QED) is 0.212. The summed E-state index contributed by atoms with van der Waals surface area (Å²) < 4.78 is 33.1. The van der Waals surface area contributed by atoms with E-state index < -0.39 is 15.4 Å². The van der Waals surface area contributed by atoms with Gasteiger partial charge in [-0.3, -0.25) is 4.99 Å². The van der Waals surface area contributed by atoms with E-state index in [-0.39, 0.29) is 60.6 Å². The van der Waals surface area contributed by atoms with Gasteiger partial charge in [-0.15, -0.1) is 24.0 Å². The van der Waals surface area contributed by atoms with E-state index in [1.54, 1.807) is 7.05 Å².